The average Bonchev–Trinajstić information content (AvgIpc) is 3.07. The number of rotatable bonds is 6. The van der Waals surface area contributed by atoms with Crippen molar-refractivity contribution in [2.75, 3.05) is 0 Å². The van der Waals surface area contributed by atoms with Crippen molar-refractivity contribution in [1.82, 2.24) is 0 Å². The van der Waals surface area contributed by atoms with E-state index in [1.807, 2.05) is 0 Å². The molecule has 4 aliphatic rings. The van der Waals surface area contributed by atoms with Crippen LogP contribution in [0.1, 0.15) is 112 Å². The maximum Gasteiger partial charge on any atom is 0.302 e. The van der Waals surface area contributed by atoms with E-state index in [-0.39, 0.29) is 17.5 Å². The second kappa shape index (κ2) is 9.23. The highest BCUT2D eigenvalue weighted by Crippen LogP contribution is 2.68. The van der Waals surface area contributed by atoms with E-state index in [4.69, 9.17) is 4.74 Å². The number of aliphatic hydroxyl groups is 1. The first kappa shape index (κ1) is 24.6. The van der Waals surface area contributed by atoms with Crippen molar-refractivity contribution in [3.05, 3.63) is 0 Å². The highest BCUT2D eigenvalue weighted by Gasteiger charge is 2.62. The van der Waals surface area contributed by atoms with Gasteiger partial charge in [-0.1, -0.05) is 53.9 Å². The lowest BCUT2D eigenvalue weighted by Crippen LogP contribution is -2.58. The molecule has 0 radical (unpaired) electrons. The highest BCUT2D eigenvalue weighted by molar-refractivity contribution is 5.66. The Hall–Kier alpha value is -0.570. The lowest BCUT2D eigenvalue weighted by molar-refractivity contribution is -0.191. The van der Waals surface area contributed by atoms with Crippen LogP contribution < -0.4 is 0 Å². The van der Waals surface area contributed by atoms with Gasteiger partial charge in [-0.25, -0.2) is 0 Å². The summed E-state index contributed by atoms with van der Waals surface area (Å²) in [6, 6.07) is 0. The molecule has 0 amide bonds. The Bertz CT molecular complexity index is 673. The lowest BCUT2D eigenvalue weighted by Gasteiger charge is -2.62. The molecule has 4 saturated carbocycles. The van der Waals surface area contributed by atoms with Crippen LogP contribution in [-0.2, 0) is 9.53 Å². The molecule has 0 spiro atoms. The van der Waals surface area contributed by atoms with E-state index < -0.39 is 6.10 Å². The zero-order chi connectivity index (χ0) is 23.3. The fraction of sp³-hybridized carbons (Fsp3) is 0.966. The Balaban J connectivity index is 1.46. The number of hydrogen-bond acceptors (Lipinski definition) is 3. The normalized spacial score (nSPS) is 46.8. The van der Waals surface area contributed by atoms with E-state index in [1.54, 1.807) is 0 Å². The van der Waals surface area contributed by atoms with E-state index in [1.165, 1.54) is 58.3 Å². The number of carbonyl (C=O) groups excluding carboxylic acids is 1. The fourth-order valence-electron chi connectivity index (χ4n) is 9.67. The molecule has 3 nitrogen and oxygen atoms in total. The predicted octanol–water partition coefficient (Wildman–Crippen LogP) is 7.01. The molecule has 0 aromatic rings. The third-order valence-electron chi connectivity index (χ3n) is 11.2. The molecule has 1 unspecified atom stereocenters. The highest BCUT2D eigenvalue weighted by atomic mass is 16.6. The van der Waals surface area contributed by atoms with Gasteiger partial charge in [0.1, 0.15) is 6.10 Å². The first-order valence-electron chi connectivity index (χ1n) is 13.9. The van der Waals surface area contributed by atoms with Gasteiger partial charge in [0.05, 0.1) is 6.10 Å². The Morgan fingerprint density at radius 2 is 1.56 bits per heavy atom. The zero-order valence-electron chi connectivity index (χ0n) is 21.7. The van der Waals surface area contributed by atoms with E-state index in [0.717, 1.165) is 54.8 Å². The van der Waals surface area contributed by atoms with Crippen LogP contribution >= 0.6 is 0 Å². The quantitative estimate of drug-likeness (QED) is 0.446. The van der Waals surface area contributed by atoms with Crippen molar-refractivity contribution < 1.29 is 14.6 Å². The van der Waals surface area contributed by atoms with Gasteiger partial charge < -0.3 is 9.84 Å². The van der Waals surface area contributed by atoms with Gasteiger partial charge in [-0.15, -0.1) is 0 Å². The minimum Gasteiger partial charge on any atom is -0.460 e. The lowest BCUT2D eigenvalue weighted by atomic mass is 9.44. The van der Waals surface area contributed by atoms with Gasteiger partial charge in [-0.3, -0.25) is 4.79 Å². The van der Waals surface area contributed by atoms with Crippen LogP contribution in [0.25, 0.3) is 0 Å². The maximum atomic E-state index is 11.5. The summed E-state index contributed by atoms with van der Waals surface area (Å²) < 4.78 is 5.52. The summed E-state index contributed by atoms with van der Waals surface area (Å²) in [6.07, 6.45) is 13.3. The monoisotopic (exact) mass is 446 g/mol. The number of ether oxygens (including phenoxy) is 1. The summed E-state index contributed by atoms with van der Waals surface area (Å²) in [5, 5.41) is 11.2. The van der Waals surface area contributed by atoms with Crippen LogP contribution in [0.3, 0.4) is 0 Å². The molecule has 4 fully saturated rings. The van der Waals surface area contributed by atoms with Gasteiger partial charge in [0, 0.05) is 6.92 Å². The van der Waals surface area contributed by atoms with Crippen molar-refractivity contribution in [3.8, 4) is 0 Å². The second-order valence-corrected chi connectivity index (χ2v) is 13.3. The SMILES string of the molecule is CC(=O)O[C@H]1CC[C@@]2(C)C(CC[C@H]3[C@@H]4CC[C@H]([C@H](C)CCCC(C)C)[C@@]4(C)CC[C@@H]32)[C@@H]1O. The van der Waals surface area contributed by atoms with Crippen LogP contribution in [0, 0.1) is 52.3 Å². The molecule has 32 heavy (non-hydrogen) atoms. The van der Waals surface area contributed by atoms with E-state index in [9.17, 15) is 9.90 Å². The topological polar surface area (TPSA) is 46.5 Å². The Morgan fingerprint density at radius 1 is 0.906 bits per heavy atom. The van der Waals surface area contributed by atoms with Crippen molar-refractivity contribution in [2.45, 2.75) is 124 Å². The Kier molecular flexibility index (Phi) is 7.08. The van der Waals surface area contributed by atoms with Crippen LogP contribution in [0.15, 0.2) is 0 Å². The zero-order valence-corrected chi connectivity index (χ0v) is 21.7. The van der Waals surface area contributed by atoms with E-state index >= 15 is 0 Å². The number of carbonyl (C=O) groups is 1. The number of hydrogen-bond donors (Lipinski definition) is 1. The van der Waals surface area contributed by atoms with Gasteiger partial charge in [0.25, 0.3) is 0 Å². The summed E-state index contributed by atoms with van der Waals surface area (Å²) in [5.74, 6) is 5.07. The van der Waals surface area contributed by atoms with Gasteiger partial charge >= 0.3 is 5.97 Å². The molecule has 0 bridgehead atoms. The van der Waals surface area contributed by atoms with Crippen molar-refractivity contribution in [1.29, 1.82) is 0 Å². The summed E-state index contributed by atoms with van der Waals surface area (Å²) in [7, 11) is 0. The summed E-state index contributed by atoms with van der Waals surface area (Å²) in [5.41, 5.74) is 0.733. The summed E-state index contributed by atoms with van der Waals surface area (Å²) >= 11 is 0. The number of esters is 1. The average molecular weight is 447 g/mol. The third-order valence-corrected chi connectivity index (χ3v) is 11.2. The molecule has 1 N–H and O–H groups in total. The minimum atomic E-state index is -0.482. The molecular formula is C29H50O3. The summed E-state index contributed by atoms with van der Waals surface area (Å²) in [6.45, 7) is 13.9. The molecule has 0 saturated heterocycles. The standard InChI is InChI=1S/C29H50O3/c1-18(2)8-7-9-19(3)22-12-13-23-21-10-11-25-27(31)26(32-20(4)30)15-17-29(25,6)24(21)14-16-28(22,23)5/h18-19,21-27,31H,7-17H2,1-6H3/t19-,21+,22-,23+,24+,25?,26+,27+,28-,29-/m1/s1. The molecule has 0 aromatic heterocycles. The van der Waals surface area contributed by atoms with Gasteiger partial charge in [-0.2, -0.15) is 0 Å². The van der Waals surface area contributed by atoms with Gasteiger partial charge in [0.2, 0.25) is 0 Å². The molecule has 0 aliphatic heterocycles. The molecule has 0 heterocycles. The van der Waals surface area contributed by atoms with Crippen LogP contribution in [0.4, 0.5) is 0 Å². The third kappa shape index (κ3) is 4.18. The smallest absolute Gasteiger partial charge is 0.302 e. The van der Waals surface area contributed by atoms with Crippen LogP contribution in [-0.4, -0.2) is 23.3 Å². The molecule has 4 aliphatic carbocycles. The fourth-order valence-corrected chi connectivity index (χ4v) is 9.67. The molecule has 4 rings (SSSR count). The van der Waals surface area contributed by atoms with Crippen LogP contribution in [0.2, 0.25) is 0 Å². The van der Waals surface area contributed by atoms with Gasteiger partial charge in [-0.05, 0) is 104 Å². The number of fused-ring (bicyclic) bond motifs is 5. The first-order chi connectivity index (χ1) is 15.1. The number of aliphatic hydroxyl groups excluding tert-OH is 1. The largest absolute Gasteiger partial charge is 0.460 e. The van der Waals surface area contributed by atoms with Crippen molar-refractivity contribution >= 4 is 5.97 Å². The van der Waals surface area contributed by atoms with Crippen LogP contribution in [0.5, 0.6) is 0 Å². The first-order valence-corrected chi connectivity index (χ1v) is 13.9. The molecule has 3 heteroatoms. The molecule has 0 aromatic carbocycles. The Labute approximate surface area is 197 Å². The summed E-state index contributed by atoms with van der Waals surface area (Å²) in [4.78, 5) is 11.5. The van der Waals surface area contributed by atoms with Crippen molar-refractivity contribution in [3.63, 3.8) is 0 Å². The molecular weight excluding hydrogens is 396 g/mol. The molecule has 10 atom stereocenters. The van der Waals surface area contributed by atoms with E-state index in [0.29, 0.717) is 11.3 Å². The van der Waals surface area contributed by atoms with Gasteiger partial charge in [0.15, 0.2) is 0 Å². The second-order valence-electron chi connectivity index (χ2n) is 13.3. The predicted molar refractivity (Wildman–Crippen MR) is 130 cm³/mol. The van der Waals surface area contributed by atoms with Crippen molar-refractivity contribution in [2.24, 2.45) is 52.3 Å². The maximum absolute atomic E-state index is 11.5. The van der Waals surface area contributed by atoms with E-state index in [2.05, 4.69) is 34.6 Å². The molecule has 184 valence electrons. The Morgan fingerprint density at radius 3 is 2.25 bits per heavy atom. The minimum absolute atomic E-state index is 0.210.